The molecule has 2 aliphatic heterocycles. The minimum absolute atomic E-state index is 0.148. The average molecular weight is 401 g/mol. The molecule has 1 amide bonds. The lowest BCUT2D eigenvalue weighted by Crippen LogP contribution is -2.51. The van der Waals surface area contributed by atoms with Crippen molar-refractivity contribution < 1.29 is 17.9 Å². The molecule has 0 aliphatic carbocycles. The third kappa shape index (κ3) is 4.57. The summed E-state index contributed by atoms with van der Waals surface area (Å²) in [4.78, 5) is 12.7. The summed E-state index contributed by atoms with van der Waals surface area (Å²) in [7, 11) is -3.83. The van der Waals surface area contributed by atoms with Gasteiger partial charge in [0, 0.05) is 24.7 Å². The van der Waals surface area contributed by atoms with Gasteiger partial charge in [-0.05, 0) is 62.8 Å². The summed E-state index contributed by atoms with van der Waals surface area (Å²) >= 11 is 5.90. The third-order valence-electron chi connectivity index (χ3n) is 4.93. The van der Waals surface area contributed by atoms with E-state index in [0.29, 0.717) is 24.6 Å². The number of halogens is 1. The number of nitrogens with one attached hydrogen (secondary N) is 1. The van der Waals surface area contributed by atoms with Crippen LogP contribution < -0.4 is 5.32 Å². The second-order valence-electron chi connectivity index (χ2n) is 6.82. The molecule has 2 heterocycles. The van der Waals surface area contributed by atoms with E-state index < -0.39 is 16.1 Å². The van der Waals surface area contributed by atoms with Crippen LogP contribution in [0.15, 0.2) is 29.2 Å². The van der Waals surface area contributed by atoms with E-state index in [1.165, 1.54) is 16.4 Å². The highest BCUT2D eigenvalue weighted by molar-refractivity contribution is 7.89. The Morgan fingerprint density at radius 1 is 1.12 bits per heavy atom. The van der Waals surface area contributed by atoms with Crippen LogP contribution in [0.5, 0.6) is 0 Å². The summed E-state index contributed by atoms with van der Waals surface area (Å²) < 4.78 is 33.7. The lowest BCUT2D eigenvalue weighted by atomic mass is 10.1. The molecule has 1 N–H and O–H groups in total. The molecule has 1 aromatic carbocycles. The van der Waals surface area contributed by atoms with Gasteiger partial charge in [0.25, 0.3) is 0 Å². The van der Waals surface area contributed by atoms with Gasteiger partial charge in [0.05, 0.1) is 11.0 Å². The van der Waals surface area contributed by atoms with Crippen LogP contribution in [0.4, 0.5) is 0 Å². The lowest BCUT2D eigenvalue weighted by molar-refractivity contribution is -0.125. The normalized spacial score (nSPS) is 24.9. The maximum absolute atomic E-state index is 13.3. The number of amides is 1. The van der Waals surface area contributed by atoms with Crippen molar-refractivity contribution in [3.8, 4) is 0 Å². The third-order valence-corrected chi connectivity index (χ3v) is 7.07. The molecule has 2 saturated heterocycles. The molecule has 8 heteroatoms. The van der Waals surface area contributed by atoms with E-state index in [-0.39, 0.29) is 23.5 Å². The number of carbonyl (C=O) groups excluding carboxylic acids is 1. The zero-order valence-corrected chi connectivity index (χ0v) is 16.3. The van der Waals surface area contributed by atoms with Crippen molar-refractivity contribution >= 4 is 27.5 Å². The minimum atomic E-state index is -3.83. The maximum Gasteiger partial charge on any atom is 0.243 e. The van der Waals surface area contributed by atoms with E-state index in [9.17, 15) is 13.2 Å². The Labute approximate surface area is 159 Å². The molecule has 144 valence electrons. The standard InChI is InChI=1S/C18H25ClN2O4S/c19-14-7-9-16(10-8-14)26(23,24)21(13-15-5-2-4-12-25-15)17-6-1-3-11-20-18(17)22/h7-10,15,17H,1-6,11-13H2,(H,20,22)/t15?,17-/m1/s1. The Morgan fingerprint density at radius 3 is 2.54 bits per heavy atom. The number of benzene rings is 1. The molecule has 0 radical (unpaired) electrons. The Kier molecular flexibility index (Phi) is 6.55. The summed E-state index contributed by atoms with van der Waals surface area (Å²) in [6.07, 6.45) is 4.81. The minimum Gasteiger partial charge on any atom is -0.377 e. The van der Waals surface area contributed by atoms with E-state index in [2.05, 4.69) is 5.32 Å². The van der Waals surface area contributed by atoms with Gasteiger partial charge in [-0.2, -0.15) is 4.31 Å². The van der Waals surface area contributed by atoms with Gasteiger partial charge in [-0.3, -0.25) is 4.79 Å². The van der Waals surface area contributed by atoms with Crippen molar-refractivity contribution in [3.63, 3.8) is 0 Å². The number of hydrogen-bond donors (Lipinski definition) is 1. The predicted molar refractivity (Wildman–Crippen MR) is 99.6 cm³/mol. The van der Waals surface area contributed by atoms with Crippen molar-refractivity contribution in [2.45, 2.75) is 55.6 Å². The maximum atomic E-state index is 13.3. The van der Waals surface area contributed by atoms with Crippen LogP contribution in [-0.4, -0.2) is 50.5 Å². The average Bonchev–Trinajstić information content (AvgIpc) is 2.85. The molecule has 2 atom stereocenters. The van der Waals surface area contributed by atoms with Crippen LogP contribution in [0.1, 0.15) is 38.5 Å². The first kappa shape index (κ1) is 19.6. The molecular weight excluding hydrogens is 376 g/mol. The highest BCUT2D eigenvalue weighted by atomic mass is 35.5. The lowest BCUT2D eigenvalue weighted by Gasteiger charge is -2.33. The van der Waals surface area contributed by atoms with Crippen LogP contribution in [0.25, 0.3) is 0 Å². The van der Waals surface area contributed by atoms with Gasteiger partial charge in [-0.25, -0.2) is 8.42 Å². The topological polar surface area (TPSA) is 75.7 Å². The van der Waals surface area contributed by atoms with Crippen LogP contribution >= 0.6 is 11.6 Å². The van der Waals surface area contributed by atoms with Crippen LogP contribution in [0, 0.1) is 0 Å². The van der Waals surface area contributed by atoms with E-state index in [1.807, 2.05) is 0 Å². The first-order chi connectivity index (χ1) is 12.5. The summed E-state index contributed by atoms with van der Waals surface area (Å²) in [5, 5.41) is 3.31. The van der Waals surface area contributed by atoms with Crippen molar-refractivity contribution in [2.75, 3.05) is 19.7 Å². The van der Waals surface area contributed by atoms with Gasteiger partial charge in [0.15, 0.2) is 0 Å². The first-order valence-corrected chi connectivity index (χ1v) is 11.0. The summed E-state index contributed by atoms with van der Waals surface area (Å²) in [6, 6.07) is 5.37. The van der Waals surface area contributed by atoms with E-state index in [4.69, 9.17) is 16.3 Å². The smallest absolute Gasteiger partial charge is 0.243 e. The van der Waals surface area contributed by atoms with Crippen LogP contribution in [-0.2, 0) is 19.6 Å². The van der Waals surface area contributed by atoms with Gasteiger partial charge in [-0.15, -0.1) is 0 Å². The van der Waals surface area contributed by atoms with Crippen molar-refractivity contribution in [1.29, 1.82) is 0 Å². The number of rotatable bonds is 5. The highest BCUT2D eigenvalue weighted by Gasteiger charge is 2.38. The molecule has 0 spiro atoms. The van der Waals surface area contributed by atoms with E-state index in [0.717, 1.165) is 32.1 Å². The Balaban J connectivity index is 1.92. The molecule has 0 saturated carbocycles. The molecule has 6 nitrogen and oxygen atoms in total. The molecule has 1 aromatic rings. The quantitative estimate of drug-likeness (QED) is 0.824. The SMILES string of the molecule is O=C1NCCCC[C@H]1N(CC1CCCCO1)S(=O)(=O)c1ccc(Cl)cc1. The number of carbonyl (C=O) groups is 1. The predicted octanol–water partition coefficient (Wildman–Crippen LogP) is 2.57. The highest BCUT2D eigenvalue weighted by Crippen LogP contribution is 2.26. The van der Waals surface area contributed by atoms with Gasteiger partial charge < -0.3 is 10.1 Å². The fourth-order valence-corrected chi connectivity index (χ4v) is 5.26. The van der Waals surface area contributed by atoms with Gasteiger partial charge in [0.1, 0.15) is 6.04 Å². The van der Waals surface area contributed by atoms with Crippen molar-refractivity contribution in [1.82, 2.24) is 9.62 Å². The van der Waals surface area contributed by atoms with E-state index >= 15 is 0 Å². The van der Waals surface area contributed by atoms with Gasteiger partial charge in [-0.1, -0.05) is 11.6 Å². The van der Waals surface area contributed by atoms with Gasteiger partial charge >= 0.3 is 0 Å². The second kappa shape index (κ2) is 8.69. The fourth-order valence-electron chi connectivity index (χ4n) is 3.48. The van der Waals surface area contributed by atoms with Crippen molar-refractivity contribution in [3.05, 3.63) is 29.3 Å². The fraction of sp³-hybridized carbons (Fsp3) is 0.611. The molecule has 3 rings (SSSR count). The molecule has 26 heavy (non-hydrogen) atoms. The second-order valence-corrected chi connectivity index (χ2v) is 9.15. The Morgan fingerprint density at radius 2 is 1.85 bits per heavy atom. The van der Waals surface area contributed by atoms with E-state index in [1.54, 1.807) is 12.1 Å². The molecule has 2 fully saturated rings. The number of nitrogens with zero attached hydrogens (tertiary/aromatic N) is 1. The number of ether oxygens (including phenoxy) is 1. The van der Waals surface area contributed by atoms with Gasteiger partial charge in [0.2, 0.25) is 15.9 Å². The largest absolute Gasteiger partial charge is 0.377 e. The monoisotopic (exact) mass is 400 g/mol. The molecular formula is C18H25ClN2O4S. The van der Waals surface area contributed by atoms with Crippen LogP contribution in [0.2, 0.25) is 5.02 Å². The summed E-state index contributed by atoms with van der Waals surface area (Å²) in [5.74, 6) is -0.226. The zero-order valence-electron chi connectivity index (χ0n) is 14.7. The zero-order chi connectivity index (χ0) is 18.6. The Hall–Kier alpha value is -1.15. The summed E-state index contributed by atoms with van der Waals surface area (Å²) in [6.45, 7) is 1.42. The Bertz CT molecular complexity index is 717. The van der Waals surface area contributed by atoms with Crippen molar-refractivity contribution in [2.24, 2.45) is 0 Å². The molecule has 1 unspecified atom stereocenters. The molecule has 2 aliphatic rings. The molecule has 0 bridgehead atoms. The van der Waals surface area contributed by atoms with Crippen LogP contribution in [0.3, 0.4) is 0 Å². The number of sulfonamides is 1. The first-order valence-electron chi connectivity index (χ1n) is 9.15. The number of hydrogen-bond acceptors (Lipinski definition) is 4. The summed E-state index contributed by atoms with van der Waals surface area (Å²) in [5.41, 5.74) is 0. The molecule has 0 aromatic heterocycles.